The number of hydrogen-bond acceptors (Lipinski definition) is 6. The maximum Gasteiger partial charge on any atom is 0.125 e. The molecule has 0 saturated heterocycles. The van der Waals surface area contributed by atoms with E-state index >= 15 is 0 Å². The molecule has 12 saturated carbocycles. The highest BCUT2D eigenvalue weighted by Gasteiger charge is 2.63. The third kappa shape index (κ3) is 3.75. The first-order valence-corrected chi connectivity index (χ1v) is 18.9. The van der Waals surface area contributed by atoms with Gasteiger partial charge in [0.15, 0.2) is 0 Å². The van der Waals surface area contributed by atoms with Crippen molar-refractivity contribution in [2.75, 3.05) is 0 Å². The van der Waals surface area contributed by atoms with Crippen LogP contribution in [-0.4, -0.2) is 45.1 Å². The molecule has 12 fully saturated rings. The highest BCUT2D eigenvalue weighted by molar-refractivity contribution is 7.85. The van der Waals surface area contributed by atoms with Gasteiger partial charge in [-0.3, -0.25) is 0 Å². The van der Waals surface area contributed by atoms with Crippen molar-refractivity contribution < 1.29 is 28.3 Å². The van der Waals surface area contributed by atoms with Crippen LogP contribution in [0.4, 0.5) is 0 Å². The molecule has 12 bridgehead atoms. The molecule has 6 nitrogen and oxygen atoms in total. The second kappa shape index (κ2) is 7.93. The Bertz CT molecular complexity index is 1430. The van der Waals surface area contributed by atoms with E-state index in [2.05, 4.69) is 12.1 Å². The Morgan fingerprint density at radius 1 is 0.535 bits per heavy atom. The molecule has 3 N–H and O–H groups in total. The van der Waals surface area contributed by atoms with Crippen LogP contribution >= 0.6 is 0 Å². The van der Waals surface area contributed by atoms with Crippen molar-refractivity contribution in [2.45, 2.75) is 154 Å². The minimum atomic E-state index is -4.84. The summed E-state index contributed by atoms with van der Waals surface area (Å²) in [5.41, 5.74) is -0.843. The minimum Gasteiger partial charge on any atom is -0.744 e. The quantitative estimate of drug-likeness (QED) is 0.398. The lowest BCUT2D eigenvalue weighted by Crippen LogP contribution is -2.59. The molecule has 7 heteroatoms. The Balaban J connectivity index is 1.24. The zero-order valence-electron chi connectivity index (χ0n) is 25.3. The molecule has 0 aromatic heterocycles. The van der Waals surface area contributed by atoms with Crippen molar-refractivity contribution >= 4 is 10.1 Å². The van der Waals surface area contributed by atoms with Crippen molar-refractivity contribution in [1.29, 1.82) is 0 Å². The summed E-state index contributed by atoms with van der Waals surface area (Å²) in [6, 6.07) is 4.30. The van der Waals surface area contributed by atoms with Gasteiger partial charge in [0.25, 0.3) is 0 Å². The van der Waals surface area contributed by atoms with E-state index < -0.39 is 37.8 Å². The van der Waals surface area contributed by atoms with Crippen molar-refractivity contribution in [1.82, 2.24) is 0 Å². The van der Waals surface area contributed by atoms with Gasteiger partial charge in [0, 0.05) is 0 Å². The van der Waals surface area contributed by atoms with Gasteiger partial charge < -0.3 is 19.9 Å². The molecule has 0 radical (unpaired) electrons. The standard InChI is InChI=1S/C36H48O6S/c37-34-12-21-1-22(13-34)7-31(6-21,18-34)27-4-28(32-8-23-2-24(9-32)15-35(38,14-23)19-32)30(43(40,41)42)29(5-27)33-10-25-3-26(11-33)17-36(39,16-25)20-33/h4-5,21-26,37-39H,1-3,6-20H2,(H,40,41,42)/p-1. The third-order valence-corrected chi connectivity index (χ3v) is 16.1. The minimum absolute atomic E-state index is 0.0239. The van der Waals surface area contributed by atoms with E-state index in [1.807, 2.05) is 0 Å². The van der Waals surface area contributed by atoms with Crippen LogP contribution in [-0.2, 0) is 26.4 Å². The molecule has 1 aromatic rings. The molecular formula is C36H47O6S-. The maximum absolute atomic E-state index is 13.7. The van der Waals surface area contributed by atoms with Gasteiger partial charge in [-0.2, -0.15) is 0 Å². The van der Waals surface area contributed by atoms with Crippen LogP contribution in [0.15, 0.2) is 17.0 Å². The molecule has 0 heterocycles. The van der Waals surface area contributed by atoms with Crippen LogP contribution < -0.4 is 0 Å². The Morgan fingerprint density at radius 3 is 1.14 bits per heavy atom. The lowest BCUT2D eigenvalue weighted by Gasteiger charge is -2.63. The van der Waals surface area contributed by atoms with Gasteiger partial charge in [0.05, 0.1) is 21.7 Å². The molecule has 0 aliphatic heterocycles. The first-order valence-electron chi connectivity index (χ1n) is 17.5. The molecule has 6 unspecified atom stereocenters. The van der Waals surface area contributed by atoms with Crippen LogP contribution in [0.2, 0.25) is 0 Å². The predicted molar refractivity (Wildman–Crippen MR) is 158 cm³/mol. The molecule has 13 rings (SSSR count). The predicted octanol–water partition coefficient (Wildman–Crippen LogP) is 5.34. The number of hydrogen-bond donors (Lipinski definition) is 3. The van der Waals surface area contributed by atoms with Gasteiger partial charge in [-0.1, -0.05) is 12.1 Å². The van der Waals surface area contributed by atoms with Crippen molar-refractivity contribution in [3.05, 3.63) is 28.8 Å². The van der Waals surface area contributed by atoms with Gasteiger partial charge in [-0.05, 0) is 184 Å². The zero-order valence-corrected chi connectivity index (χ0v) is 26.1. The summed E-state index contributed by atoms with van der Waals surface area (Å²) in [5, 5.41) is 35.4. The smallest absolute Gasteiger partial charge is 0.125 e. The topological polar surface area (TPSA) is 118 Å². The summed E-state index contributed by atoms with van der Waals surface area (Å²) in [6.07, 6.45) is 15.5. The second-order valence-corrected chi connectivity index (χ2v) is 20.1. The van der Waals surface area contributed by atoms with E-state index in [0.29, 0.717) is 59.5 Å². The average Bonchev–Trinajstić information content (AvgIpc) is 2.83. The van der Waals surface area contributed by atoms with E-state index in [9.17, 15) is 28.3 Å². The molecule has 12 aliphatic rings. The van der Waals surface area contributed by atoms with E-state index in [1.54, 1.807) is 0 Å². The number of aliphatic hydroxyl groups is 3. The SMILES string of the molecule is O=S(=O)([O-])c1c(C23CC4CC(CC(O)(C4)C2)C3)cc(C23CC4CC(CC(O)(C4)C2)C3)cc1C12CC3CC(CC(O)(C3)C1)C2. The summed E-state index contributed by atoms with van der Waals surface area (Å²) in [4.78, 5) is 0.0239. The van der Waals surface area contributed by atoms with Gasteiger partial charge in [-0.15, -0.1) is 0 Å². The summed E-state index contributed by atoms with van der Waals surface area (Å²) in [6.45, 7) is 0. The molecule has 12 aliphatic carbocycles. The van der Waals surface area contributed by atoms with E-state index in [1.165, 1.54) is 6.42 Å². The molecule has 43 heavy (non-hydrogen) atoms. The highest BCUT2D eigenvalue weighted by Crippen LogP contribution is 2.68. The summed E-state index contributed by atoms with van der Waals surface area (Å²) < 4.78 is 41.1. The van der Waals surface area contributed by atoms with Gasteiger partial charge in [-0.25, -0.2) is 8.42 Å². The normalized spacial score (nSPS) is 55.4. The fourth-order valence-corrected chi connectivity index (χ4v) is 16.7. The molecule has 1 aromatic carbocycles. The zero-order chi connectivity index (χ0) is 29.4. The van der Waals surface area contributed by atoms with Gasteiger partial charge in [0.2, 0.25) is 0 Å². The van der Waals surface area contributed by atoms with Crippen LogP contribution in [0, 0.1) is 35.5 Å². The van der Waals surface area contributed by atoms with Crippen LogP contribution in [0.1, 0.15) is 132 Å². The third-order valence-electron chi connectivity index (χ3n) is 15.2. The second-order valence-electron chi connectivity index (χ2n) is 18.8. The van der Waals surface area contributed by atoms with Crippen molar-refractivity contribution in [3.63, 3.8) is 0 Å². The lowest BCUT2D eigenvalue weighted by atomic mass is 9.43. The summed E-state index contributed by atoms with van der Waals surface area (Å²) >= 11 is 0. The fourth-order valence-electron chi connectivity index (χ4n) is 15.6. The van der Waals surface area contributed by atoms with E-state index in [4.69, 9.17) is 0 Å². The van der Waals surface area contributed by atoms with Gasteiger partial charge >= 0.3 is 0 Å². The van der Waals surface area contributed by atoms with E-state index in [0.717, 1.165) is 102 Å². The highest BCUT2D eigenvalue weighted by atomic mass is 32.2. The monoisotopic (exact) mass is 607 g/mol. The molecule has 234 valence electrons. The van der Waals surface area contributed by atoms with Crippen molar-refractivity contribution in [2.24, 2.45) is 35.5 Å². The van der Waals surface area contributed by atoms with Crippen LogP contribution in [0.5, 0.6) is 0 Å². The van der Waals surface area contributed by atoms with Crippen LogP contribution in [0.3, 0.4) is 0 Å². The molecular weight excluding hydrogens is 560 g/mol. The van der Waals surface area contributed by atoms with E-state index in [-0.39, 0.29) is 10.3 Å². The summed E-state index contributed by atoms with van der Waals surface area (Å²) in [7, 11) is -4.84. The van der Waals surface area contributed by atoms with Gasteiger partial charge in [0.1, 0.15) is 10.1 Å². The lowest BCUT2D eigenvalue weighted by molar-refractivity contribution is -0.140. The largest absolute Gasteiger partial charge is 0.744 e. The molecule has 0 amide bonds. The van der Waals surface area contributed by atoms with Crippen molar-refractivity contribution in [3.8, 4) is 0 Å². The number of rotatable bonds is 4. The first-order chi connectivity index (χ1) is 20.2. The Kier molecular flexibility index (Phi) is 5.00. The molecule has 0 spiro atoms. The first kappa shape index (κ1) is 27.2. The maximum atomic E-state index is 13.7. The Labute approximate surface area is 255 Å². The number of benzene rings is 1. The fraction of sp³-hybridized carbons (Fsp3) is 0.833. The van der Waals surface area contributed by atoms with Crippen LogP contribution in [0.25, 0.3) is 0 Å². The Morgan fingerprint density at radius 2 is 0.837 bits per heavy atom. The summed E-state index contributed by atoms with van der Waals surface area (Å²) in [5.74, 6) is 2.42. The average molecular weight is 608 g/mol. The Hall–Kier alpha value is -0.990. The molecule has 6 atom stereocenters.